The van der Waals surface area contributed by atoms with Crippen molar-refractivity contribution in [3.63, 3.8) is 0 Å². The van der Waals surface area contributed by atoms with Gasteiger partial charge < -0.3 is 14.3 Å². The molecule has 4 rings (SSSR count). The van der Waals surface area contributed by atoms with E-state index in [2.05, 4.69) is 4.98 Å². The maximum atomic E-state index is 11.8. The Bertz CT molecular complexity index is 1120. The molecule has 1 aromatic heterocycles. The van der Waals surface area contributed by atoms with Crippen LogP contribution in [0.25, 0.3) is 22.6 Å². The number of carboxylic acids is 1. The first-order valence-corrected chi connectivity index (χ1v) is 10.0. The minimum absolute atomic E-state index is 0.375. The van der Waals surface area contributed by atoms with Crippen LogP contribution in [0.4, 0.5) is 0 Å². The lowest BCUT2D eigenvalue weighted by molar-refractivity contribution is -0.145. The summed E-state index contributed by atoms with van der Waals surface area (Å²) in [5.74, 6) is -0.355. The molecule has 1 unspecified atom stereocenters. The van der Waals surface area contributed by atoms with Crippen molar-refractivity contribution in [1.29, 1.82) is 0 Å². The van der Waals surface area contributed by atoms with Gasteiger partial charge in [-0.15, -0.1) is 0 Å². The van der Waals surface area contributed by atoms with Crippen LogP contribution in [0, 0.1) is 6.92 Å². The molecule has 0 saturated heterocycles. The van der Waals surface area contributed by atoms with E-state index in [1.54, 1.807) is 30.3 Å². The maximum absolute atomic E-state index is 11.8. The highest BCUT2D eigenvalue weighted by molar-refractivity contribution is 6.30. The van der Waals surface area contributed by atoms with E-state index in [0.717, 1.165) is 11.1 Å². The van der Waals surface area contributed by atoms with Crippen LogP contribution in [0.3, 0.4) is 0 Å². The third-order valence-electron chi connectivity index (χ3n) is 4.30. The summed E-state index contributed by atoms with van der Waals surface area (Å²) in [4.78, 5) is 16.4. The Morgan fingerprint density at radius 3 is 2.43 bits per heavy atom. The lowest BCUT2D eigenvalue weighted by Crippen LogP contribution is -2.18. The minimum Gasteiger partial charge on any atom is -0.478 e. The van der Waals surface area contributed by atoms with Gasteiger partial charge in [0.15, 0.2) is 5.58 Å². The van der Waals surface area contributed by atoms with Gasteiger partial charge in [-0.3, -0.25) is 0 Å². The molecule has 0 radical (unpaired) electrons. The van der Waals surface area contributed by atoms with Crippen molar-refractivity contribution in [3.8, 4) is 17.2 Å². The molecule has 154 valence electrons. The van der Waals surface area contributed by atoms with Gasteiger partial charge >= 0.3 is 5.97 Å². The van der Waals surface area contributed by atoms with E-state index in [0.29, 0.717) is 33.4 Å². The molecule has 0 aliphatic heterocycles. The number of nitrogens with zero attached hydrogens (tertiary/aromatic N) is 1. The van der Waals surface area contributed by atoms with E-state index < -0.39 is 12.1 Å². The Kier molecular flexibility index (Phi) is 6.75. The molecular formula is C24H22ClNO4. The summed E-state index contributed by atoms with van der Waals surface area (Å²) in [6.45, 7) is 5.93. The van der Waals surface area contributed by atoms with Crippen LogP contribution >= 0.6 is 11.6 Å². The zero-order valence-electron chi connectivity index (χ0n) is 16.9. The van der Waals surface area contributed by atoms with Gasteiger partial charge in [-0.2, -0.15) is 0 Å². The van der Waals surface area contributed by atoms with Gasteiger partial charge in [0.25, 0.3) is 0 Å². The topological polar surface area (TPSA) is 72.6 Å². The molecule has 0 saturated carbocycles. The number of hydrogen-bond donors (Lipinski definition) is 1. The monoisotopic (exact) mass is 423 g/mol. The van der Waals surface area contributed by atoms with E-state index in [-0.39, 0.29) is 0 Å². The van der Waals surface area contributed by atoms with Crippen LogP contribution in [0.15, 0.2) is 71.1 Å². The number of carbonyl (C=O) groups is 1. The third-order valence-corrected chi connectivity index (χ3v) is 4.55. The van der Waals surface area contributed by atoms with Crippen LogP contribution < -0.4 is 4.74 Å². The second kappa shape index (κ2) is 9.46. The molecule has 6 heteroatoms. The Balaban J connectivity index is 0.00000124. The molecule has 0 amide bonds. The average molecular weight is 424 g/mol. The van der Waals surface area contributed by atoms with E-state index in [1.165, 1.54) is 0 Å². The van der Waals surface area contributed by atoms with E-state index in [1.807, 2.05) is 57.2 Å². The predicted octanol–water partition coefficient (Wildman–Crippen LogP) is 6.69. The Hall–Kier alpha value is -3.31. The average Bonchev–Trinajstić information content (AvgIpc) is 3.19. The number of fused-ring (bicyclic) bond motifs is 1. The van der Waals surface area contributed by atoms with Crippen LogP contribution in [0.1, 0.15) is 31.1 Å². The summed E-state index contributed by atoms with van der Waals surface area (Å²) < 4.78 is 11.8. The molecule has 1 heterocycles. The van der Waals surface area contributed by atoms with Crippen molar-refractivity contribution in [1.82, 2.24) is 4.98 Å². The smallest absolute Gasteiger partial charge is 0.349 e. The molecule has 4 aromatic rings. The highest BCUT2D eigenvalue weighted by atomic mass is 35.5. The number of ether oxygens (including phenoxy) is 1. The summed E-state index contributed by atoms with van der Waals surface area (Å²) in [7, 11) is 0. The number of aliphatic carboxylic acids is 1. The summed E-state index contributed by atoms with van der Waals surface area (Å²) in [6, 6.07) is 19.4. The first-order valence-electron chi connectivity index (χ1n) is 9.63. The molecular weight excluding hydrogens is 402 g/mol. The van der Waals surface area contributed by atoms with Gasteiger partial charge in [-0.05, 0) is 43.3 Å². The largest absolute Gasteiger partial charge is 0.478 e. The molecule has 0 spiro atoms. The van der Waals surface area contributed by atoms with Gasteiger partial charge in [0.1, 0.15) is 11.3 Å². The summed E-state index contributed by atoms with van der Waals surface area (Å²) in [5, 5.41) is 10.2. The molecule has 0 fully saturated rings. The number of para-hydroxylation sites is 2. The van der Waals surface area contributed by atoms with Crippen LogP contribution in [-0.2, 0) is 4.79 Å². The summed E-state index contributed by atoms with van der Waals surface area (Å²) >= 11 is 5.91. The van der Waals surface area contributed by atoms with Gasteiger partial charge in [-0.1, -0.05) is 61.3 Å². The molecule has 1 atom stereocenters. The Labute approximate surface area is 179 Å². The first kappa shape index (κ1) is 21.4. The van der Waals surface area contributed by atoms with Gasteiger partial charge in [0, 0.05) is 10.6 Å². The number of aryl methyl sites for hydroxylation is 1. The highest BCUT2D eigenvalue weighted by Crippen LogP contribution is 2.35. The van der Waals surface area contributed by atoms with Crippen molar-refractivity contribution in [2.75, 3.05) is 0 Å². The van der Waals surface area contributed by atoms with E-state index in [9.17, 15) is 9.90 Å². The Morgan fingerprint density at radius 1 is 1.07 bits per heavy atom. The number of oxazole rings is 1. The molecule has 0 aliphatic carbocycles. The highest BCUT2D eigenvalue weighted by Gasteiger charge is 2.24. The lowest BCUT2D eigenvalue weighted by atomic mass is 10.1. The molecule has 30 heavy (non-hydrogen) atoms. The van der Waals surface area contributed by atoms with Crippen molar-refractivity contribution in [2.24, 2.45) is 0 Å². The van der Waals surface area contributed by atoms with Crippen molar-refractivity contribution in [2.45, 2.75) is 26.9 Å². The van der Waals surface area contributed by atoms with Crippen LogP contribution in [0.5, 0.6) is 5.75 Å². The zero-order chi connectivity index (χ0) is 21.7. The number of rotatable bonds is 5. The van der Waals surface area contributed by atoms with Gasteiger partial charge in [0.2, 0.25) is 12.0 Å². The van der Waals surface area contributed by atoms with Crippen molar-refractivity contribution >= 4 is 28.7 Å². The number of halogens is 1. The van der Waals surface area contributed by atoms with Crippen molar-refractivity contribution in [3.05, 3.63) is 82.9 Å². The normalized spacial score (nSPS) is 11.5. The molecule has 5 nitrogen and oxygen atoms in total. The molecule has 1 N–H and O–H groups in total. The van der Waals surface area contributed by atoms with E-state index >= 15 is 0 Å². The molecule has 0 aliphatic rings. The second-order valence-corrected chi connectivity index (χ2v) is 6.81. The lowest BCUT2D eigenvalue weighted by Gasteiger charge is -2.17. The third kappa shape index (κ3) is 4.63. The number of benzene rings is 3. The fraction of sp³-hybridized carbons (Fsp3) is 0.167. The summed E-state index contributed by atoms with van der Waals surface area (Å²) in [5.41, 5.74) is 3.43. The maximum Gasteiger partial charge on any atom is 0.349 e. The standard InChI is InChI=1S/C22H16ClNO4.C2H6/c1-13-6-11-18(27-20(22(25)26)14-7-9-15(23)10-8-14)16(12-13)21-24-17-4-2-3-5-19(17)28-21;1-2/h2-12,20H,1H3,(H,25,26);1-2H3. The SMILES string of the molecule is CC.Cc1ccc(OC(C(=O)O)c2ccc(Cl)cc2)c(-c2nc3ccccc3o2)c1. The number of hydrogen-bond acceptors (Lipinski definition) is 4. The number of carboxylic acid groups (broad SMARTS) is 1. The minimum atomic E-state index is -1.19. The van der Waals surface area contributed by atoms with Gasteiger partial charge in [0.05, 0.1) is 5.56 Å². The fourth-order valence-corrected chi connectivity index (χ4v) is 3.05. The van der Waals surface area contributed by atoms with Crippen LogP contribution in [-0.4, -0.2) is 16.1 Å². The second-order valence-electron chi connectivity index (χ2n) is 6.37. The molecule has 0 bridgehead atoms. The summed E-state index contributed by atoms with van der Waals surface area (Å²) in [6.07, 6.45) is -1.19. The Morgan fingerprint density at radius 2 is 1.77 bits per heavy atom. The van der Waals surface area contributed by atoms with Crippen molar-refractivity contribution < 1.29 is 19.1 Å². The van der Waals surface area contributed by atoms with E-state index in [4.69, 9.17) is 20.8 Å². The van der Waals surface area contributed by atoms with Gasteiger partial charge in [-0.25, -0.2) is 9.78 Å². The van der Waals surface area contributed by atoms with Crippen LogP contribution in [0.2, 0.25) is 5.02 Å². The number of aromatic nitrogens is 1. The predicted molar refractivity (Wildman–Crippen MR) is 118 cm³/mol. The quantitative estimate of drug-likeness (QED) is 0.387. The first-order chi connectivity index (χ1) is 14.5. The molecule has 3 aromatic carbocycles. The zero-order valence-corrected chi connectivity index (χ0v) is 17.7. The fourth-order valence-electron chi connectivity index (χ4n) is 2.93.